The molecule has 0 fully saturated rings. The van der Waals surface area contributed by atoms with Crippen LogP contribution in [0.25, 0.3) is 77.2 Å². The number of fused-ring (bicyclic) bond motifs is 10. The first kappa shape index (κ1) is 44.6. The standard InChI is InChI=1S/C72H58N4/c1-71(2)61-29-17-19-31-67(61)75-65-39-37-55(45-57(65)59-41-49(43-63(71)69(59)75)47-21-9-5-10-22-47)74(54-35-33-53(34-36-54)73(51-25-13-7-14-26-51)52-27-15-8-16-28-52)56-38-40-66-58(46-56)60-42-50(48-23-11-6-12-24-48)44-64-70(60)76(66)68-32-20-18-30-62(68)72(64,3)4/h5-15,17-27,29-33,35-46,53H,16,28,34H2,1-4H3. The Labute approximate surface area is 445 Å². The topological polar surface area (TPSA) is 16.3 Å². The number of hydrogen-bond acceptors (Lipinski definition) is 2. The lowest BCUT2D eigenvalue weighted by Crippen LogP contribution is -2.35. The molecule has 9 aromatic carbocycles. The van der Waals surface area contributed by atoms with E-state index in [1.54, 1.807) is 0 Å². The lowest BCUT2D eigenvalue weighted by Gasteiger charge is -2.37. The van der Waals surface area contributed by atoms with E-state index in [1.807, 2.05) is 0 Å². The van der Waals surface area contributed by atoms with E-state index in [4.69, 9.17) is 0 Å². The first-order valence-corrected chi connectivity index (χ1v) is 27.2. The van der Waals surface area contributed by atoms with Gasteiger partial charge in [0.2, 0.25) is 0 Å². The molecule has 4 nitrogen and oxygen atoms in total. The average molecular weight is 979 g/mol. The summed E-state index contributed by atoms with van der Waals surface area (Å²) in [5.41, 5.74) is 23.4. The minimum atomic E-state index is -0.212. The summed E-state index contributed by atoms with van der Waals surface area (Å²) in [6, 6.07) is 75.3. The van der Waals surface area contributed by atoms with E-state index >= 15 is 0 Å². The molecule has 1 atom stereocenters. The smallest absolute Gasteiger partial charge is 0.0582 e. The molecule has 0 radical (unpaired) electrons. The molecule has 0 saturated carbocycles. The normalized spacial score (nSPS) is 16.7. The minimum absolute atomic E-state index is 0.159. The number of para-hydroxylation sites is 3. The van der Waals surface area contributed by atoms with E-state index in [1.165, 1.54) is 111 Å². The number of aromatic nitrogens is 2. The van der Waals surface area contributed by atoms with Crippen molar-refractivity contribution in [2.24, 2.45) is 0 Å². The Balaban J connectivity index is 0.971. The van der Waals surface area contributed by atoms with Gasteiger partial charge in [-0.3, -0.25) is 0 Å². The van der Waals surface area contributed by atoms with Gasteiger partial charge in [0, 0.05) is 60.8 Å². The van der Waals surface area contributed by atoms with Gasteiger partial charge in [-0.25, -0.2) is 0 Å². The van der Waals surface area contributed by atoms with Crippen molar-refractivity contribution >= 4 is 60.7 Å². The number of rotatable bonds is 8. The highest BCUT2D eigenvalue weighted by atomic mass is 15.2. The highest BCUT2D eigenvalue weighted by molar-refractivity contribution is 6.16. The van der Waals surface area contributed by atoms with Crippen LogP contribution in [-0.4, -0.2) is 15.2 Å². The van der Waals surface area contributed by atoms with Crippen molar-refractivity contribution in [3.8, 4) is 33.6 Å². The Bertz CT molecular complexity index is 4090. The molecule has 2 aromatic heterocycles. The first-order valence-electron chi connectivity index (χ1n) is 27.2. The van der Waals surface area contributed by atoms with E-state index in [0.717, 1.165) is 36.3 Å². The molecule has 4 heteroatoms. The quantitative estimate of drug-likeness (QED) is 0.151. The van der Waals surface area contributed by atoms with Crippen LogP contribution in [0.4, 0.5) is 17.1 Å². The zero-order chi connectivity index (χ0) is 50.9. The van der Waals surface area contributed by atoms with Crippen LogP contribution in [-0.2, 0) is 10.8 Å². The molecule has 0 bridgehead atoms. The first-order chi connectivity index (χ1) is 37.2. The van der Waals surface area contributed by atoms with Crippen LogP contribution in [0.2, 0.25) is 0 Å². The summed E-state index contributed by atoms with van der Waals surface area (Å²) in [5.74, 6) is 0. The third kappa shape index (κ3) is 6.62. The van der Waals surface area contributed by atoms with Crippen LogP contribution in [0, 0.1) is 0 Å². The second kappa shape index (κ2) is 16.8. The predicted molar refractivity (Wildman–Crippen MR) is 320 cm³/mol. The fraction of sp³-hybridized carbons (Fsp3) is 0.139. The van der Waals surface area contributed by atoms with Crippen molar-refractivity contribution in [2.45, 2.75) is 63.8 Å². The van der Waals surface area contributed by atoms with E-state index in [-0.39, 0.29) is 16.9 Å². The molecule has 11 aromatic rings. The van der Waals surface area contributed by atoms with Crippen LogP contribution < -0.4 is 9.80 Å². The number of anilines is 3. The molecule has 0 spiro atoms. The fourth-order valence-corrected chi connectivity index (χ4v) is 13.6. The Hall–Kier alpha value is -8.86. The minimum Gasteiger partial charge on any atom is -0.338 e. The van der Waals surface area contributed by atoms with Gasteiger partial charge in [0.25, 0.3) is 0 Å². The van der Waals surface area contributed by atoms with Gasteiger partial charge in [-0.15, -0.1) is 0 Å². The maximum atomic E-state index is 2.56. The van der Waals surface area contributed by atoms with Gasteiger partial charge in [0.05, 0.1) is 39.5 Å². The molecular formula is C72H58N4. The van der Waals surface area contributed by atoms with Crippen molar-refractivity contribution in [1.29, 1.82) is 0 Å². The fourth-order valence-electron chi connectivity index (χ4n) is 13.6. The van der Waals surface area contributed by atoms with Crippen molar-refractivity contribution in [3.05, 3.63) is 270 Å². The molecule has 1 unspecified atom stereocenters. The van der Waals surface area contributed by atoms with E-state index in [0.29, 0.717) is 0 Å². The van der Waals surface area contributed by atoms with Crippen molar-refractivity contribution in [3.63, 3.8) is 0 Å². The molecule has 15 rings (SSSR count). The summed E-state index contributed by atoms with van der Waals surface area (Å²) in [6.45, 7) is 9.61. The summed E-state index contributed by atoms with van der Waals surface area (Å²) in [4.78, 5) is 5.09. The largest absolute Gasteiger partial charge is 0.338 e. The highest BCUT2D eigenvalue weighted by Gasteiger charge is 2.38. The van der Waals surface area contributed by atoms with Gasteiger partial charge in [-0.2, -0.15) is 0 Å². The Kier molecular flexibility index (Phi) is 9.88. The Morgan fingerprint density at radius 2 is 0.961 bits per heavy atom. The maximum absolute atomic E-state index is 2.56. The lowest BCUT2D eigenvalue weighted by atomic mass is 9.74. The second-order valence-corrected chi connectivity index (χ2v) is 22.4. The van der Waals surface area contributed by atoms with Crippen LogP contribution in [0.5, 0.6) is 0 Å². The third-order valence-corrected chi connectivity index (χ3v) is 17.4. The lowest BCUT2D eigenvalue weighted by molar-refractivity contribution is 0.630. The molecule has 0 amide bonds. The Morgan fingerprint density at radius 1 is 0.461 bits per heavy atom. The van der Waals surface area contributed by atoms with Crippen molar-refractivity contribution in [2.75, 3.05) is 9.80 Å². The van der Waals surface area contributed by atoms with Gasteiger partial charge in [0.1, 0.15) is 0 Å². The molecule has 4 aliphatic rings. The third-order valence-electron chi connectivity index (χ3n) is 17.4. The van der Waals surface area contributed by atoms with Gasteiger partial charge >= 0.3 is 0 Å². The van der Waals surface area contributed by atoms with Crippen LogP contribution >= 0.6 is 0 Å². The monoisotopic (exact) mass is 978 g/mol. The molecule has 0 N–H and O–H groups in total. The second-order valence-electron chi connectivity index (χ2n) is 22.4. The summed E-state index contributed by atoms with van der Waals surface area (Å²) in [5, 5.41) is 5.04. The number of benzene rings is 9. The summed E-state index contributed by atoms with van der Waals surface area (Å²) < 4.78 is 5.09. The Morgan fingerprint density at radius 3 is 1.45 bits per heavy atom. The van der Waals surface area contributed by atoms with E-state index < -0.39 is 0 Å². The van der Waals surface area contributed by atoms with Gasteiger partial charge in [-0.1, -0.05) is 167 Å². The van der Waals surface area contributed by atoms with E-state index in [2.05, 4.69) is 283 Å². The number of allylic oxidation sites excluding steroid dienone is 5. The SMILES string of the molecule is CC1(C)c2ccccc2-n2c3ccc(N(C4=CCC(N(C5=CC=CCC5)c5ccccc5)C=C4)c4ccc5c(c4)c4cc(-c6ccccc6)cc6c4n5-c4ccccc4C6(C)C)cc3c3cc(-c4ccccc4)cc1c32. The molecule has 2 aliphatic heterocycles. The van der Waals surface area contributed by atoms with Gasteiger partial charge in [0.15, 0.2) is 0 Å². The zero-order valence-corrected chi connectivity index (χ0v) is 43.5. The van der Waals surface area contributed by atoms with Crippen LogP contribution in [0.1, 0.15) is 69.2 Å². The summed E-state index contributed by atoms with van der Waals surface area (Å²) in [6.07, 6.45) is 17.1. The number of hydrogen-bond donors (Lipinski definition) is 0. The maximum Gasteiger partial charge on any atom is 0.0582 e. The molecular weight excluding hydrogens is 921 g/mol. The average Bonchev–Trinajstić information content (AvgIpc) is 4.00. The predicted octanol–water partition coefficient (Wildman–Crippen LogP) is 18.6. The van der Waals surface area contributed by atoms with Crippen molar-refractivity contribution < 1.29 is 0 Å². The van der Waals surface area contributed by atoms with Crippen molar-refractivity contribution in [1.82, 2.24) is 9.13 Å². The van der Waals surface area contributed by atoms with Gasteiger partial charge in [-0.05, 0) is 161 Å². The van der Waals surface area contributed by atoms with Crippen LogP contribution in [0.15, 0.2) is 248 Å². The molecule has 2 aliphatic carbocycles. The summed E-state index contributed by atoms with van der Waals surface area (Å²) >= 11 is 0. The summed E-state index contributed by atoms with van der Waals surface area (Å²) in [7, 11) is 0. The zero-order valence-electron chi connectivity index (χ0n) is 43.5. The van der Waals surface area contributed by atoms with E-state index in [9.17, 15) is 0 Å². The highest BCUT2D eigenvalue weighted by Crippen LogP contribution is 2.52. The van der Waals surface area contributed by atoms with Gasteiger partial charge < -0.3 is 18.9 Å². The molecule has 366 valence electrons. The number of nitrogens with zero attached hydrogens (tertiary/aromatic N) is 4. The molecule has 4 heterocycles. The molecule has 76 heavy (non-hydrogen) atoms. The van der Waals surface area contributed by atoms with Crippen LogP contribution in [0.3, 0.4) is 0 Å². The molecule has 0 saturated heterocycles.